The van der Waals surface area contributed by atoms with Gasteiger partial charge in [0.1, 0.15) is 5.82 Å². The van der Waals surface area contributed by atoms with Crippen molar-refractivity contribution in [1.82, 2.24) is 14.9 Å². The third kappa shape index (κ3) is 4.62. The van der Waals surface area contributed by atoms with Gasteiger partial charge < -0.3 is 20.5 Å². The Labute approximate surface area is 188 Å². The van der Waals surface area contributed by atoms with Crippen LogP contribution in [0.5, 0.6) is 0 Å². The highest BCUT2D eigenvalue weighted by atomic mass is 19.4. The van der Waals surface area contributed by atoms with Gasteiger partial charge in [-0.15, -0.1) is 0 Å². The van der Waals surface area contributed by atoms with Gasteiger partial charge in [-0.25, -0.2) is 4.98 Å². The number of carbonyl (C=O) groups is 1. The Bertz CT molecular complexity index is 1200. The van der Waals surface area contributed by atoms with E-state index in [1.165, 1.54) is 17.9 Å². The number of halogens is 3. The highest BCUT2D eigenvalue weighted by Crippen LogP contribution is 2.38. The number of hydrogen-bond acceptors (Lipinski definition) is 6. The van der Waals surface area contributed by atoms with E-state index < -0.39 is 23.8 Å². The third-order valence-corrected chi connectivity index (χ3v) is 5.57. The van der Waals surface area contributed by atoms with Crippen molar-refractivity contribution in [2.45, 2.75) is 45.4 Å². The summed E-state index contributed by atoms with van der Waals surface area (Å²) in [5.41, 5.74) is 8.16. The molecule has 0 fully saturated rings. The second-order valence-corrected chi connectivity index (χ2v) is 8.15. The van der Waals surface area contributed by atoms with E-state index in [0.29, 0.717) is 23.5 Å². The molecule has 0 spiro atoms. The lowest BCUT2D eigenvalue weighted by molar-refractivity contribution is -0.137. The van der Waals surface area contributed by atoms with Crippen LogP contribution in [-0.2, 0) is 24.1 Å². The first kappa shape index (κ1) is 22.9. The molecule has 4 rings (SSSR count). The number of nitrogen functional groups attached to an aromatic ring is 1. The maximum Gasteiger partial charge on any atom is 0.417 e. The van der Waals surface area contributed by atoms with Crippen LogP contribution in [0.25, 0.3) is 10.9 Å². The summed E-state index contributed by atoms with van der Waals surface area (Å²) in [7, 11) is 0. The molecule has 174 valence electrons. The minimum atomic E-state index is -4.50. The van der Waals surface area contributed by atoms with Crippen LogP contribution in [0.2, 0.25) is 0 Å². The minimum Gasteiger partial charge on any atom is -0.392 e. The van der Waals surface area contributed by atoms with Gasteiger partial charge in [-0.05, 0) is 49.7 Å². The lowest BCUT2D eigenvalue weighted by atomic mass is 10.00. The van der Waals surface area contributed by atoms with Gasteiger partial charge in [0.05, 0.1) is 42.1 Å². The van der Waals surface area contributed by atoms with Crippen molar-refractivity contribution in [3.8, 4) is 0 Å². The molecular weight excluding hydrogens is 437 g/mol. The summed E-state index contributed by atoms with van der Waals surface area (Å²) in [5, 5.41) is 10.7. The summed E-state index contributed by atoms with van der Waals surface area (Å²) >= 11 is 0. The summed E-state index contributed by atoms with van der Waals surface area (Å²) in [4.78, 5) is 22.9. The second-order valence-electron chi connectivity index (χ2n) is 8.15. The lowest BCUT2D eigenvalue weighted by Gasteiger charge is -2.24. The summed E-state index contributed by atoms with van der Waals surface area (Å²) in [6, 6.07) is 7.16. The zero-order valence-electron chi connectivity index (χ0n) is 18.1. The number of aliphatic hydroxyl groups excluding tert-OH is 1. The maximum atomic E-state index is 13.3. The van der Waals surface area contributed by atoms with Gasteiger partial charge in [0.25, 0.3) is 5.91 Å². The van der Waals surface area contributed by atoms with E-state index in [-0.39, 0.29) is 24.9 Å². The fourth-order valence-corrected chi connectivity index (χ4v) is 4.00. The van der Waals surface area contributed by atoms with E-state index in [2.05, 4.69) is 9.97 Å². The molecule has 0 saturated carbocycles. The molecule has 0 radical (unpaired) electrons. The smallest absolute Gasteiger partial charge is 0.392 e. The van der Waals surface area contributed by atoms with E-state index in [9.17, 15) is 23.1 Å². The average Bonchev–Trinajstić information content (AvgIpc) is 3.14. The Morgan fingerprint density at radius 3 is 2.73 bits per heavy atom. The van der Waals surface area contributed by atoms with Crippen LogP contribution in [-0.4, -0.2) is 38.5 Å². The van der Waals surface area contributed by atoms with Crippen LogP contribution in [0.15, 0.2) is 36.5 Å². The number of benzene rings is 1. The normalized spacial score (nSPS) is 16.6. The van der Waals surface area contributed by atoms with Crippen LogP contribution < -0.4 is 5.73 Å². The molecule has 3 aromatic rings. The molecule has 1 aromatic carbocycles. The molecule has 2 atom stereocenters. The van der Waals surface area contributed by atoms with Gasteiger partial charge in [0.2, 0.25) is 0 Å². The first-order valence-corrected chi connectivity index (χ1v) is 10.4. The van der Waals surface area contributed by atoms with Gasteiger partial charge in [-0.1, -0.05) is 0 Å². The third-order valence-electron chi connectivity index (χ3n) is 5.57. The highest BCUT2D eigenvalue weighted by molar-refractivity contribution is 5.99. The number of rotatable bonds is 5. The van der Waals surface area contributed by atoms with Gasteiger partial charge in [-0.3, -0.25) is 9.78 Å². The number of nitrogens with zero attached hydrogens (tertiary/aromatic N) is 3. The number of alkyl halides is 3. The highest BCUT2D eigenvalue weighted by Gasteiger charge is 2.31. The molecule has 0 unspecified atom stereocenters. The van der Waals surface area contributed by atoms with Crippen LogP contribution in [0, 0.1) is 0 Å². The molecule has 7 nitrogen and oxygen atoms in total. The van der Waals surface area contributed by atoms with Crippen molar-refractivity contribution < 1.29 is 27.8 Å². The van der Waals surface area contributed by atoms with Crippen LogP contribution in [0.1, 0.15) is 52.7 Å². The zero-order chi connectivity index (χ0) is 23.9. The number of nitrogens with two attached hydrogens (primary N) is 1. The maximum absolute atomic E-state index is 13.3. The molecule has 10 heteroatoms. The number of ether oxygens (including phenoxy) is 1. The van der Waals surface area contributed by atoms with Crippen molar-refractivity contribution in [2.24, 2.45) is 0 Å². The summed E-state index contributed by atoms with van der Waals surface area (Å²) in [6.07, 6.45) is -4.81. The Hall–Kier alpha value is -3.24. The number of hydrogen-bond donors (Lipinski definition) is 2. The summed E-state index contributed by atoms with van der Waals surface area (Å²) in [6.45, 7) is 3.69. The molecule has 1 aliphatic rings. The van der Waals surface area contributed by atoms with Gasteiger partial charge >= 0.3 is 6.18 Å². The van der Waals surface area contributed by atoms with Crippen molar-refractivity contribution in [3.63, 3.8) is 0 Å². The average molecular weight is 460 g/mol. The molecule has 33 heavy (non-hydrogen) atoms. The topological polar surface area (TPSA) is 102 Å². The first-order valence-electron chi connectivity index (χ1n) is 10.4. The minimum absolute atomic E-state index is 0.0161. The number of aliphatic hydroxyl groups is 1. The number of fused-ring (bicyclic) bond motifs is 3. The number of aromatic nitrogens is 2. The number of anilines is 1. The van der Waals surface area contributed by atoms with Crippen LogP contribution in [0.3, 0.4) is 0 Å². The largest absolute Gasteiger partial charge is 0.417 e. The Balaban J connectivity index is 1.66. The molecule has 0 bridgehead atoms. The summed E-state index contributed by atoms with van der Waals surface area (Å²) < 4.78 is 44.1. The molecule has 3 heterocycles. The van der Waals surface area contributed by atoms with Crippen LogP contribution >= 0.6 is 0 Å². The van der Waals surface area contributed by atoms with Crippen LogP contribution in [0.4, 0.5) is 19.0 Å². The molecule has 1 aliphatic heterocycles. The van der Waals surface area contributed by atoms with Crippen molar-refractivity contribution in [3.05, 3.63) is 64.5 Å². The number of carbonyl (C=O) groups excluding carboxylic acids is 1. The van der Waals surface area contributed by atoms with E-state index in [4.69, 9.17) is 10.5 Å². The second kappa shape index (κ2) is 8.60. The van der Waals surface area contributed by atoms with Crippen molar-refractivity contribution in [2.75, 3.05) is 12.3 Å². The first-order chi connectivity index (χ1) is 15.5. The molecular formula is C23H23F3N4O3. The Morgan fingerprint density at radius 1 is 1.33 bits per heavy atom. The molecule has 3 N–H and O–H groups in total. The van der Waals surface area contributed by atoms with E-state index >= 15 is 0 Å². The SMILES string of the molecule is C[C@H](O)CN(Cc1ccc(C(F)(F)F)cn1)C(=O)c1ccc2nc(N)c3c(c2c1)CO[C@H]3C. The predicted molar refractivity (Wildman–Crippen MR) is 115 cm³/mol. The summed E-state index contributed by atoms with van der Waals surface area (Å²) in [5.74, 6) is 0.00252. The Morgan fingerprint density at radius 2 is 2.09 bits per heavy atom. The standard InChI is InChI=1S/C23H23F3N4O3/c1-12(31)9-30(10-16-5-4-15(8-28-16)23(24,25)26)22(32)14-3-6-19-17(7-14)18-11-33-13(2)20(18)21(27)29-19/h3-8,12-13,31H,9-11H2,1-2H3,(H2,27,29)/t12-,13-/m0/s1. The van der Waals surface area contributed by atoms with E-state index in [1.807, 2.05) is 6.92 Å². The predicted octanol–water partition coefficient (Wildman–Crippen LogP) is 3.85. The number of amides is 1. The van der Waals surface area contributed by atoms with Crippen molar-refractivity contribution in [1.29, 1.82) is 0 Å². The molecule has 0 aliphatic carbocycles. The molecule has 0 saturated heterocycles. The molecule has 1 amide bonds. The fourth-order valence-electron chi connectivity index (χ4n) is 4.00. The zero-order valence-corrected chi connectivity index (χ0v) is 18.1. The van der Waals surface area contributed by atoms with Crippen molar-refractivity contribution >= 4 is 22.6 Å². The van der Waals surface area contributed by atoms with Gasteiger partial charge in [0, 0.05) is 29.3 Å². The number of pyridine rings is 2. The monoisotopic (exact) mass is 460 g/mol. The molecule has 2 aromatic heterocycles. The Kier molecular flexibility index (Phi) is 5.98. The van der Waals surface area contributed by atoms with Gasteiger partial charge in [-0.2, -0.15) is 13.2 Å². The lowest BCUT2D eigenvalue weighted by Crippen LogP contribution is -2.36. The quantitative estimate of drug-likeness (QED) is 0.600. The fraction of sp³-hybridized carbons (Fsp3) is 0.348. The van der Waals surface area contributed by atoms with Gasteiger partial charge in [0.15, 0.2) is 0 Å². The van der Waals surface area contributed by atoms with E-state index in [0.717, 1.165) is 28.8 Å². The van der Waals surface area contributed by atoms with E-state index in [1.54, 1.807) is 18.2 Å².